The molecule has 0 aliphatic rings. The Morgan fingerprint density at radius 2 is 1.84 bits per heavy atom. The van der Waals surface area contributed by atoms with E-state index in [1.54, 1.807) is 18.2 Å². The van der Waals surface area contributed by atoms with E-state index in [0.29, 0.717) is 17.2 Å². The zero-order valence-corrected chi connectivity index (χ0v) is 10.2. The van der Waals surface area contributed by atoms with Crippen LogP contribution in [0.2, 0.25) is 0 Å². The van der Waals surface area contributed by atoms with Crippen molar-refractivity contribution < 1.29 is 13.9 Å². The van der Waals surface area contributed by atoms with Gasteiger partial charge < -0.3 is 15.2 Å². The number of hydrogen-bond donors (Lipinski definition) is 1. The van der Waals surface area contributed by atoms with Crippen LogP contribution in [-0.2, 0) is 0 Å². The normalized spacial score (nSPS) is 9.74. The smallest absolute Gasteiger partial charge is 0.169 e. The van der Waals surface area contributed by atoms with Crippen molar-refractivity contribution in [3.63, 3.8) is 0 Å². The summed E-state index contributed by atoms with van der Waals surface area (Å²) in [6.45, 7) is 0. The average Bonchev–Trinajstić information content (AvgIpc) is 2.42. The van der Waals surface area contributed by atoms with Gasteiger partial charge in [0, 0.05) is 11.8 Å². The van der Waals surface area contributed by atoms with Gasteiger partial charge >= 0.3 is 0 Å². The molecule has 2 rings (SSSR count). The van der Waals surface area contributed by atoms with Gasteiger partial charge in [-0.05, 0) is 30.3 Å². The first kappa shape index (κ1) is 12.7. The Hall–Kier alpha value is -2.74. The van der Waals surface area contributed by atoms with Crippen molar-refractivity contribution in [2.24, 2.45) is 0 Å². The predicted molar refractivity (Wildman–Crippen MR) is 68.6 cm³/mol. The highest BCUT2D eigenvalue weighted by atomic mass is 19.1. The van der Waals surface area contributed by atoms with Crippen LogP contribution in [0, 0.1) is 17.1 Å². The number of nitrogens with two attached hydrogens (primary N) is 1. The van der Waals surface area contributed by atoms with Gasteiger partial charge in [-0.25, -0.2) is 4.39 Å². The first-order chi connectivity index (χ1) is 9.13. The van der Waals surface area contributed by atoms with Crippen molar-refractivity contribution in [2.45, 2.75) is 0 Å². The van der Waals surface area contributed by atoms with E-state index in [2.05, 4.69) is 0 Å². The Morgan fingerprint density at radius 1 is 1.11 bits per heavy atom. The number of hydrogen-bond acceptors (Lipinski definition) is 4. The second kappa shape index (κ2) is 5.27. The van der Waals surface area contributed by atoms with Gasteiger partial charge in [0.25, 0.3) is 0 Å². The summed E-state index contributed by atoms with van der Waals surface area (Å²) in [4.78, 5) is 0. The Labute approximate surface area is 109 Å². The highest BCUT2D eigenvalue weighted by Gasteiger charge is 2.10. The third kappa shape index (κ3) is 2.75. The second-order valence-corrected chi connectivity index (χ2v) is 3.76. The predicted octanol–water partition coefficient (Wildman–Crippen LogP) is 3.08. The Morgan fingerprint density at radius 3 is 2.53 bits per heavy atom. The van der Waals surface area contributed by atoms with Crippen molar-refractivity contribution in [3.8, 4) is 23.3 Å². The third-order valence-electron chi connectivity index (χ3n) is 2.47. The molecule has 0 aliphatic carbocycles. The maximum atomic E-state index is 13.0. The van der Waals surface area contributed by atoms with Crippen LogP contribution in [0.1, 0.15) is 5.56 Å². The number of methoxy groups -OCH3 is 1. The zero-order chi connectivity index (χ0) is 13.8. The van der Waals surface area contributed by atoms with Crippen molar-refractivity contribution in [3.05, 3.63) is 47.8 Å². The Kier molecular flexibility index (Phi) is 3.53. The van der Waals surface area contributed by atoms with E-state index in [9.17, 15) is 4.39 Å². The van der Waals surface area contributed by atoms with Crippen molar-refractivity contribution in [1.82, 2.24) is 0 Å². The van der Waals surface area contributed by atoms with Crippen LogP contribution in [0.4, 0.5) is 10.1 Å². The van der Waals surface area contributed by atoms with E-state index in [4.69, 9.17) is 20.5 Å². The van der Waals surface area contributed by atoms with Crippen molar-refractivity contribution >= 4 is 5.69 Å². The van der Waals surface area contributed by atoms with E-state index in [-0.39, 0.29) is 11.3 Å². The van der Waals surface area contributed by atoms with Gasteiger partial charge in [-0.1, -0.05) is 0 Å². The zero-order valence-electron chi connectivity index (χ0n) is 10.2. The van der Waals surface area contributed by atoms with Crippen LogP contribution < -0.4 is 15.2 Å². The quantitative estimate of drug-likeness (QED) is 0.859. The van der Waals surface area contributed by atoms with Gasteiger partial charge in [-0.3, -0.25) is 0 Å². The van der Waals surface area contributed by atoms with Gasteiger partial charge in [0.2, 0.25) is 0 Å². The van der Waals surface area contributed by atoms with Crippen LogP contribution in [0.3, 0.4) is 0 Å². The van der Waals surface area contributed by atoms with Crippen LogP contribution in [0.5, 0.6) is 17.2 Å². The highest BCUT2D eigenvalue weighted by molar-refractivity contribution is 5.54. The summed E-state index contributed by atoms with van der Waals surface area (Å²) in [5.74, 6) is 0.605. The SMILES string of the molecule is COc1cc(N)ccc1Oc1ccc(F)cc1C#N. The molecule has 2 N–H and O–H groups in total. The summed E-state index contributed by atoms with van der Waals surface area (Å²) in [6.07, 6.45) is 0. The van der Waals surface area contributed by atoms with E-state index in [1.165, 1.54) is 19.2 Å². The summed E-state index contributed by atoms with van der Waals surface area (Å²) in [6, 6.07) is 10.5. The van der Waals surface area contributed by atoms with Crippen molar-refractivity contribution in [2.75, 3.05) is 12.8 Å². The molecule has 0 aliphatic heterocycles. The standard InChI is InChI=1S/C14H11FN2O2/c1-18-14-7-11(17)3-5-13(14)19-12-4-2-10(15)6-9(12)8-16/h2-7H,17H2,1H3. The summed E-state index contributed by atoms with van der Waals surface area (Å²) in [7, 11) is 1.48. The van der Waals surface area contributed by atoms with Gasteiger partial charge in [0.15, 0.2) is 11.5 Å². The molecule has 0 unspecified atom stereocenters. The monoisotopic (exact) mass is 258 g/mol. The number of rotatable bonds is 3. The maximum absolute atomic E-state index is 13.0. The van der Waals surface area contributed by atoms with Gasteiger partial charge in [-0.2, -0.15) is 5.26 Å². The number of ether oxygens (including phenoxy) is 2. The molecule has 2 aromatic rings. The molecule has 19 heavy (non-hydrogen) atoms. The lowest BCUT2D eigenvalue weighted by Crippen LogP contribution is -1.94. The molecule has 5 heteroatoms. The summed E-state index contributed by atoms with van der Waals surface area (Å²) < 4.78 is 23.7. The minimum absolute atomic E-state index is 0.110. The minimum Gasteiger partial charge on any atom is -0.493 e. The molecular weight excluding hydrogens is 247 g/mol. The fourth-order valence-corrected chi connectivity index (χ4v) is 1.57. The number of halogens is 1. The molecule has 96 valence electrons. The summed E-state index contributed by atoms with van der Waals surface area (Å²) in [5.41, 5.74) is 6.28. The minimum atomic E-state index is -0.492. The van der Waals surface area contributed by atoms with E-state index >= 15 is 0 Å². The van der Waals surface area contributed by atoms with E-state index < -0.39 is 5.82 Å². The maximum Gasteiger partial charge on any atom is 0.169 e. The molecule has 0 saturated heterocycles. The third-order valence-corrected chi connectivity index (χ3v) is 2.47. The first-order valence-corrected chi connectivity index (χ1v) is 5.45. The van der Waals surface area contributed by atoms with Crippen LogP contribution in [0.25, 0.3) is 0 Å². The summed E-state index contributed by atoms with van der Waals surface area (Å²) >= 11 is 0. The fourth-order valence-electron chi connectivity index (χ4n) is 1.57. The van der Waals surface area contributed by atoms with Crippen LogP contribution >= 0.6 is 0 Å². The van der Waals surface area contributed by atoms with E-state index in [1.807, 2.05) is 6.07 Å². The molecule has 0 atom stereocenters. The average molecular weight is 258 g/mol. The topological polar surface area (TPSA) is 68.3 Å². The van der Waals surface area contributed by atoms with Gasteiger partial charge in [0.1, 0.15) is 17.6 Å². The lowest BCUT2D eigenvalue weighted by molar-refractivity contribution is 0.378. The largest absolute Gasteiger partial charge is 0.493 e. The first-order valence-electron chi connectivity index (χ1n) is 5.45. The lowest BCUT2D eigenvalue weighted by atomic mass is 10.2. The lowest BCUT2D eigenvalue weighted by Gasteiger charge is -2.11. The number of benzene rings is 2. The number of nitrogens with zero attached hydrogens (tertiary/aromatic N) is 1. The van der Waals surface area contributed by atoms with Crippen LogP contribution in [0.15, 0.2) is 36.4 Å². The molecule has 0 spiro atoms. The number of nitriles is 1. The van der Waals surface area contributed by atoms with E-state index in [0.717, 1.165) is 6.07 Å². The number of anilines is 1. The Bertz CT molecular complexity index is 650. The van der Waals surface area contributed by atoms with Crippen molar-refractivity contribution in [1.29, 1.82) is 5.26 Å². The molecule has 0 fully saturated rings. The molecule has 0 aromatic heterocycles. The molecule has 0 saturated carbocycles. The molecule has 0 radical (unpaired) electrons. The fraction of sp³-hybridized carbons (Fsp3) is 0.0714. The molecule has 2 aromatic carbocycles. The molecular formula is C14H11FN2O2. The molecule has 0 amide bonds. The number of nitrogen functional groups attached to an aromatic ring is 1. The second-order valence-electron chi connectivity index (χ2n) is 3.76. The van der Waals surface area contributed by atoms with Crippen LogP contribution in [-0.4, -0.2) is 7.11 Å². The van der Waals surface area contributed by atoms with Gasteiger partial charge in [-0.15, -0.1) is 0 Å². The van der Waals surface area contributed by atoms with Gasteiger partial charge in [0.05, 0.1) is 12.7 Å². The molecule has 0 heterocycles. The molecule has 0 bridgehead atoms. The summed E-state index contributed by atoms with van der Waals surface area (Å²) in [5, 5.41) is 8.94. The molecule has 4 nitrogen and oxygen atoms in total. The highest BCUT2D eigenvalue weighted by Crippen LogP contribution is 2.34. The Balaban J connectivity index is 2.39.